The van der Waals surface area contributed by atoms with E-state index in [-0.39, 0.29) is 30.3 Å². The molecule has 2 aromatic carbocycles. The Morgan fingerprint density at radius 2 is 1.74 bits per heavy atom. The summed E-state index contributed by atoms with van der Waals surface area (Å²) in [7, 11) is 0. The molecule has 2 rings (SSSR count). The third kappa shape index (κ3) is 4.88. The molecule has 2 aromatic rings. The SMILES string of the molecule is CC(=O)Nc1cc(NC(=O)CCc2ccccc2F)ccc1F. The van der Waals surface area contributed by atoms with Gasteiger partial charge in [-0.1, -0.05) is 18.2 Å². The Balaban J connectivity index is 1.97. The van der Waals surface area contributed by atoms with E-state index in [0.717, 1.165) is 6.07 Å². The molecular weight excluding hydrogens is 302 g/mol. The largest absolute Gasteiger partial charge is 0.326 e. The zero-order chi connectivity index (χ0) is 16.8. The van der Waals surface area contributed by atoms with Gasteiger partial charge in [0.15, 0.2) is 0 Å². The number of hydrogen-bond acceptors (Lipinski definition) is 2. The van der Waals surface area contributed by atoms with Gasteiger partial charge in [0.05, 0.1) is 5.69 Å². The van der Waals surface area contributed by atoms with Crippen molar-refractivity contribution in [1.29, 1.82) is 0 Å². The van der Waals surface area contributed by atoms with Crippen LogP contribution in [0.2, 0.25) is 0 Å². The maximum Gasteiger partial charge on any atom is 0.224 e. The van der Waals surface area contributed by atoms with Crippen molar-refractivity contribution < 1.29 is 18.4 Å². The van der Waals surface area contributed by atoms with Gasteiger partial charge in [0.25, 0.3) is 0 Å². The third-order valence-electron chi connectivity index (χ3n) is 3.14. The number of benzene rings is 2. The van der Waals surface area contributed by atoms with Crippen molar-refractivity contribution in [3.63, 3.8) is 0 Å². The van der Waals surface area contributed by atoms with Crippen LogP contribution in [-0.4, -0.2) is 11.8 Å². The second kappa shape index (κ2) is 7.49. The van der Waals surface area contributed by atoms with Crippen LogP contribution in [0, 0.1) is 11.6 Å². The zero-order valence-electron chi connectivity index (χ0n) is 12.5. The van der Waals surface area contributed by atoms with Gasteiger partial charge in [-0.25, -0.2) is 8.78 Å². The first kappa shape index (κ1) is 16.6. The fraction of sp³-hybridized carbons (Fsp3) is 0.176. The first-order valence-electron chi connectivity index (χ1n) is 7.06. The molecule has 0 aliphatic heterocycles. The van der Waals surface area contributed by atoms with E-state index in [2.05, 4.69) is 10.6 Å². The molecule has 0 unspecified atom stereocenters. The average molecular weight is 318 g/mol. The smallest absolute Gasteiger partial charge is 0.224 e. The lowest BCUT2D eigenvalue weighted by atomic mass is 10.1. The topological polar surface area (TPSA) is 58.2 Å². The minimum Gasteiger partial charge on any atom is -0.326 e. The third-order valence-corrected chi connectivity index (χ3v) is 3.14. The monoisotopic (exact) mass is 318 g/mol. The van der Waals surface area contributed by atoms with Gasteiger partial charge in [-0.3, -0.25) is 9.59 Å². The van der Waals surface area contributed by atoms with Gasteiger partial charge >= 0.3 is 0 Å². The van der Waals surface area contributed by atoms with Crippen molar-refractivity contribution in [1.82, 2.24) is 0 Å². The number of carbonyl (C=O) groups excluding carboxylic acids is 2. The van der Waals surface area contributed by atoms with Crippen molar-refractivity contribution in [2.45, 2.75) is 19.8 Å². The van der Waals surface area contributed by atoms with Gasteiger partial charge in [-0.05, 0) is 36.2 Å². The van der Waals surface area contributed by atoms with Gasteiger partial charge in [0.1, 0.15) is 11.6 Å². The summed E-state index contributed by atoms with van der Waals surface area (Å²) < 4.78 is 27.0. The Kier molecular flexibility index (Phi) is 5.41. The minimum atomic E-state index is -0.593. The molecular formula is C17H16F2N2O2. The van der Waals surface area contributed by atoms with Crippen LogP contribution in [0.3, 0.4) is 0 Å². The molecule has 23 heavy (non-hydrogen) atoms. The summed E-state index contributed by atoms with van der Waals surface area (Å²) in [5.41, 5.74) is 0.804. The first-order chi connectivity index (χ1) is 11.0. The number of carbonyl (C=O) groups is 2. The molecule has 0 fully saturated rings. The predicted octanol–water partition coefficient (Wildman–Crippen LogP) is 3.49. The molecule has 120 valence electrons. The summed E-state index contributed by atoms with van der Waals surface area (Å²) in [6.07, 6.45) is 0.353. The van der Waals surface area contributed by atoms with Gasteiger partial charge in [-0.15, -0.1) is 0 Å². The van der Waals surface area contributed by atoms with Crippen LogP contribution >= 0.6 is 0 Å². The highest BCUT2D eigenvalue weighted by molar-refractivity contribution is 5.93. The van der Waals surface area contributed by atoms with Crippen LogP contribution in [0.4, 0.5) is 20.2 Å². The fourth-order valence-corrected chi connectivity index (χ4v) is 2.06. The van der Waals surface area contributed by atoms with E-state index in [9.17, 15) is 18.4 Å². The van der Waals surface area contributed by atoms with Crippen LogP contribution in [0.1, 0.15) is 18.9 Å². The van der Waals surface area contributed by atoms with Crippen LogP contribution in [0.15, 0.2) is 42.5 Å². The lowest BCUT2D eigenvalue weighted by molar-refractivity contribution is -0.116. The molecule has 0 heterocycles. The van der Waals surface area contributed by atoms with E-state index < -0.39 is 11.7 Å². The summed E-state index contributed by atoms with van der Waals surface area (Å²) in [6.45, 7) is 1.26. The van der Waals surface area contributed by atoms with Crippen molar-refractivity contribution in [3.05, 3.63) is 59.7 Å². The lowest BCUT2D eigenvalue weighted by Crippen LogP contribution is -2.14. The summed E-state index contributed by atoms with van der Waals surface area (Å²) >= 11 is 0. The summed E-state index contributed by atoms with van der Waals surface area (Å²) in [4.78, 5) is 22.9. The molecule has 0 radical (unpaired) electrons. The van der Waals surface area contributed by atoms with Crippen LogP contribution in [0.5, 0.6) is 0 Å². The first-order valence-corrected chi connectivity index (χ1v) is 7.06. The van der Waals surface area contributed by atoms with Crippen LogP contribution < -0.4 is 10.6 Å². The highest BCUT2D eigenvalue weighted by atomic mass is 19.1. The number of amides is 2. The van der Waals surface area contributed by atoms with Crippen molar-refractivity contribution >= 4 is 23.2 Å². The second-order valence-corrected chi connectivity index (χ2v) is 5.02. The lowest BCUT2D eigenvalue weighted by Gasteiger charge is -2.09. The highest BCUT2D eigenvalue weighted by Crippen LogP contribution is 2.20. The van der Waals surface area contributed by atoms with E-state index in [1.54, 1.807) is 18.2 Å². The number of hydrogen-bond donors (Lipinski definition) is 2. The van der Waals surface area contributed by atoms with Gasteiger partial charge < -0.3 is 10.6 Å². The molecule has 0 bridgehead atoms. The quantitative estimate of drug-likeness (QED) is 0.886. The van der Waals surface area contributed by atoms with E-state index >= 15 is 0 Å². The van der Waals surface area contributed by atoms with Gasteiger partial charge in [-0.2, -0.15) is 0 Å². The number of nitrogens with one attached hydrogen (secondary N) is 2. The van der Waals surface area contributed by atoms with Crippen molar-refractivity contribution in [3.8, 4) is 0 Å². The Morgan fingerprint density at radius 3 is 2.43 bits per heavy atom. The zero-order valence-corrected chi connectivity index (χ0v) is 12.5. The Hall–Kier alpha value is -2.76. The van der Waals surface area contributed by atoms with Gasteiger partial charge in [0, 0.05) is 19.0 Å². The normalized spacial score (nSPS) is 10.2. The molecule has 0 aromatic heterocycles. The predicted molar refractivity (Wildman–Crippen MR) is 84.1 cm³/mol. The molecule has 0 aliphatic carbocycles. The minimum absolute atomic E-state index is 0.00981. The summed E-state index contributed by atoms with van der Waals surface area (Å²) in [5.74, 6) is -1.68. The van der Waals surface area contributed by atoms with E-state index in [1.165, 1.54) is 25.1 Å². The van der Waals surface area contributed by atoms with E-state index in [1.807, 2.05) is 0 Å². The van der Waals surface area contributed by atoms with E-state index in [4.69, 9.17) is 0 Å². The number of aryl methyl sites for hydroxylation is 1. The highest BCUT2D eigenvalue weighted by Gasteiger charge is 2.09. The van der Waals surface area contributed by atoms with E-state index in [0.29, 0.717) is 11.3 Å². The molecule has 0 saturated heterocycles. The maximum absolute atomic E-state index is 13.5. The Morgan fingerprint density at radius 1 is 1.00 bits per heavy atom. The Labute approximate surface area is 132 Å². The molecule has 2 amide bonds. The van der Waals surface area contributed by atoms with Crippen molar-refractivity contribution in [2.75, 3.05) is 10.6 Å². The second-order valence-electron chi connectivity index (χ2n) is 5.02. The number of halogens is 2. The van der Waals surface area contributed by atoms with Crippen molar-refractivity contribution in [2.24, 2.45) is 0 Å². The summed E-state index contributed by atoms with van der Waals surface area (Å²) in [5, 5.41) is 4.93. The maximum atomic E-state index is 13.5. The molecule has 0 saturated carbocycles. The molecule has 0 aliphatic rings. The standard InChI is InChI=1S/C17H16F2N2O2/c1-11(22)20-16-10-13(7-8-15(16)19)21-17(23)9-6-12-4-2-3-5-14(12)18/h2-5,7-8,10H,6,9H2,1H3,(H,20,22)(H,21,23). The fourth-order valence-electron chi connectivity index (χ4n) is 2.06. The Bertz CT molecular complexity index is 732. The summed E-state index contributed by atoms with van der Waals surface area (Å²) in [6, 6.07) is 10.1. The van der Waals surface area contributed by atoms with Crippen LogP contribution in [0.25, 0.3) is 0 Å². The molecule has 2 N–H and O–H groups in total. The molecule has 6 heteroatoms. The van der Waals surface area contributed by atoms with Crippen LogP contribution in [-0.2, 0) is 16.0 Å². The van der Waals surface area contributed by atoms with Gasteiger partial charge in [0.2, 0.25) is 11.8 Å². The number of rotatable bonds is 5. The molecule has 0 spiro atoms. The average Bonchev–Trinajstić information content (AvgIpc) is 2.49. The molecule has 4 nitrogen and oxygen atoms in total. The number of anilines is 2. The molecule has 0 atom stereocenters.